The molecule has 4 atom stereocenters. The van der Waals surface area contributed by atoms with Gasteiger partial charge >= 0.3 is 0 Å². The lowest BCUT2D eigenvalue weighted by Gasteiger charge is -2.51. The Morgan fingerprint density at radius 3 is 2.08 bits per heavy atom. The minimum Gasteiger partial charge on any atom is -0.285 e. The smallest absolute Gasteiger partial charge is 0.0781 e. The Kier molecular flexibility index (Phi) is 7.39. The van der Waals surface area contributed by atoms with E-state index in [9.17, 15) is 0 Å². The zero-order valence-electron chi connectivity index (χ0n) is 15.9. The summed E-state index contributed by atoms with van der Waals surface area (Å²) in [5.74, 6) is 2.28. The third-order valence-electron chi connectivity index (χ3n) is 7.20. The fourth-order valence-corrected chi connectivity index (χ4v) is 7.53. The van der Waals surface area contributed by atoms with E-state index in [1.807, 2.05) is 0 Å². The van der Waals surface area contributed by atoms with Crippen LogP contribution in [0.3, 0.4) is 0 Å². The standard InChI is InChI=1S/C21H35BrIN3/c22-18-13-7-12-17(14-18)21-25-19(15-8-3-1-4-9-15)24-20(26(21)23)16-10-5-2-6-11-16/h14-17,19-21,24-25H,1-13H2. The van der Waals surface area contributed by atoms with Crippen LogP contribution in [0.5, 0.6) is 0 Å². The molecule has 3 aliphatic carbocycles. The van der Waals surface area contributed by atoms with Gasteiger partial charge in [-0.3, -0.25) is 10.6 Å². The quantitative estimate of drug-likeness (QED) is 0.340. The maximum atomic E-state index is 4.10. The number of rotatable bonds is 3. The number of hydrogen-bond acceptors (Lipinski definition) is 3. The summed E-state index contributed by atoms with van der Waals surface area (Å²) in [4.78, 5) is 0. The van der Waals surface area contributed by atoms with Crippen LogP contribution < -0.4 is 10.6 Å². The second-order valence-electron chi connectivity index (χ2n) is 9.01. The van der Waals surface area contributed by atoms with Crippen LogP contribution in [0.4, 0.5) is 0 Å². The number of nitrogens with zero attached hydrogens (tertiary/aromatic N) is 1. The summed E-state index contributed by atoms with van der Waals surface area (Å²) in [6.45, 7) is 0. The van der Waals surface area contributed by atoms with Gasteiger partial charge < -0.3 is 0 Å². The molecule has 0 radical (unpaired) electrons. The van der Waals surface area contributed by atoms with Crippen molar-refractivity contribution < 1.29 is 0 Å². The second-order valence-corrected chi connectivity index (χ2v) is 11.1. The summed E-state index contributed by atoms with van der Waals surface area (Å²) in [5.41, 5.74) is 0. The van der Waals surface area contributed by atoms with Gasteiger partial charge in [0.25, 0.3) is 0 Å². The lowest BCUT2D eigenvalue weighted by Crippen LogP contribution is -2.70. The van der Waals surface area contributed by atoms with Crippen LogP contribution in [0.2, 0.25) is 0 Å². The Bertz CT molecular complexity index is 488. The first-order valence-electron chi connectivity index (χ1n) is 11.0. The molecule has 0 amide bonds. The molecule has 3 nitrogen and oxygen atoms in total. The number of nitrogens with one attached hydrogen (secondary N) is 2. The average Bonchev–Trinajstić information content (AvgIpc) is 2.69. The molecule has 5 heteroatoms. The van der Waals surface area contributed by atoms with E-state index < -0.39 is 0 Å². The molecule has 4 rings (SSSR count). The molecule has 0 aromatic carbocycles. The van der Waals surface area contributed by atoms with E-state index >= 15 is 0 Å². The van der Waals surface area contributed by atoms with Gasteiger partial charge in [-0.1, -0.05) is 60.5 Å². The van der Waals surface area contributed by atoms with Crippen LogP contribution in [0.25, 0.3) is 0 Å². The Morgan fingerprint density at radius 2 is 1.42 bits per heavy atom. The van der Waals surface area contributed by atoms with Crippen LogP contribution in [0, 0.1) is 17.8 Å². The van der Waals surface area contributed by atoms with E-state index in [2.05, 4.69) is 58.6 Å². The van der Waals surface area contributed by atoms with Gasteiger partial charge in [0.05, 0.1) is 18.5 Å². The lowest BCUT2D eigenvalue weighted by molar-refractivity contribution is 0.0223. The summed E-state index contributed by atoms with van der Waals surface area (Å²) in [6, 6.07) is 0. The van der Waals surface area contributed by atoms with Crippen molar-refractivity contribution >= 4 is 38.8 Å². The summed E-state index contributed by atoms with van der Waals surface area (Å²) in [6.07, 6.45) is 22.1. The summed E-state index contributed by atoms with van der Waals surface area (Å²) < 4.78 is 4.06. The van der Waals surface area contributed by atoms with Gasteiger partial charge in [-0.05, 0) is 61.3 Å². The molecule has 3 fully saturated rings. The Labute approximate surface area is 182 Å². The number of halogens is 2. The first kappa shape index (κ1) is 20.1. The van der Waals surface area contributed by atoms with Crippen LogP contribution in [-0.4, -0.2) is 21.6 Å². The van der Waals surface area contributed by atoms with Crippen molar-refractivity contribution in [2.45, 2.75) is 102 Å². The minimum absolute atomic E-state index is 0.476. The highest BCUT2D eigenvalue weighted by atomic mass is 127. The van der Waals surface area contributed by atoms with Gasteiger partial charge in [-0.15, -0.1) is 0 Å². The van der Waals surface area contributed by atoms with Gasteiger partial charge in [0, 0.05) is 28.8 Å². The van der Waals surface area contributed by atoms with E-state index in [-0.39, 0.29) is 0 Å². The third-order valence-corrected chi connectivity index (χ3v) is 9.06. The van der Waals surface area contributed by atoms with E-state index in [0.717, 1.165) is 11.8 Å². The van der Waals surface area contributed by atoms with Crippen LogP contribution in [0.1, 0.15) is 83.5 Å². The average molecular weight is 536 g/mol. The third kappa shape index (κ3) is 4.69. The molecule has 4 unspecified atom stereocenters. The normalized spacial score (nSPS) is 38.9. The first-order chi connectivity index (χ1) is 12.7. The predicted molar refractivity (Wildman–Crippen MR) is 121 cm³/mol. The van der Waals surface area contributed by atoms with Gasteiger partial charge in [0.15, 0.2) is 0 Å². The molecule has 1 aliphatic heterocycles. The van der Waals surface area contributed by atoms with Crippen LogP contribution >= 0.6 is 38.8 Å². The lowest BCUT2D eigenvalue weighted by atomic mass is 9.82. The topological polar surface area (TPSA) is 27.3 Å². The highest BCUT2D eigenvalue weighted by molar-refractivity contribution is 14.1. The van der Waals surface area contributed by atoms with E-state index in [4.69, 9.17) is 0 Å². The van der Waals surface area contributed by atoms with Gasteiger partial charge in [0.2, 0.25) is 0 Å². The summed E-state index contributed by atoms with van der Waals surface area (Å²) in [5, 5.41) is 8.17. The molecular weight excluding hydrogens is 501 g/mol. The van der Waals surface area contributed by atoms with E-state index in [0.29, 0.717) is 24.4 Å². The SMILES string of the molecule is BrC1=CC(C2NC(C3CCCCC3)NC(C3CCCCC3)N2I)CCC1. The maximum absolute atomic E-state index is 4.10. The molecule has 1 saturated heterocycles. The maximum Gasteiger partial charge on any atom is 0.0781 e. The van der Waals surface area contributed by atoms with Crippen molar-refractivity contribution in [1.82, 2.24) is 13.7 Å². The van der Waals surface area contributed by atoms with Crippen molar-refractivity contribution in [3.63, 3.8) is 0 Å². The summed E-state index contributed by atoms with van der Waals surface area (Å²) >= 11 is 6.43. The first-order valence-corrected chi connectivity index (χ1v) is 12.8. The second kappa shape index (κ2) is 9.55. The van der Waals surface area contributed by atoms with Crippen LogP contribution in [0.15, 0.2) is 10.6 Å². The van der Waals surface area contributed by atoms with Crippen molar-refractivity contribution in [2.24, 2.45) is 17.8 Å². The Hall–Kier alpha value is 0.830. The molecule has 0 aromatic rings. The molecule has 1 heterocycles. The van der Waals surface area contributed by atoms with Gasteiger partial charge in [0.1, 0.15) is 0 Å². The molecule has 0 bridgehead atoms. The largest absolute Gasteiger partial charge is 0.285 e. The molecular formula is C21H35BrIN3. The molecule has 2 saturated carbocycles. The Morgan fingerprint density at radius 1 is 0.808 bits per heavy atom. The fraction of sp³-hybridized carbons (Fsp3) is 0.905. The fourth-order valence-electron chi connectivity index (χ4n) is 5.72. The van der Waals surface area contributed by atoms with Crippen molar-refractivity contribution in [3.05, 3.63) is 10.6 Å². The van der Waals surface area contributed by atoms with Crippen molar-refractivity contribution in [2.75, 3.05) is 0 Å². The van der Waals surface area contributed by atoms with Gasteiger partial charge in [-0.25, -0.2) is 3.11 Å². The molecule has 4 aliphatic rings. The number of allylic oxidation sites excluding steroid dienone is 1. The minimum atomic E-state index is 0.476. The van der Waals surface area contributed by atoms with Gasteiger partial charge in [-0.2, -0.15) is 0 Å². The molecule has 0 aromatic heterocycles. The highest BCUT2D eigenvalue weighted by Gasteiger charge is 2.43. The molecule has 2 N–H and O–H groups in total. The zero-order valence-corrected chi connectivity index (χ0v) is 19.7. The zero-order chi connectivity index (χ0) is 17.9. The Balaban J connectivity index is 1.53. The monoisotopic (exact) mass is 535 g/mol. The highest BCUT2D eigenvalue weighted by Crippen LogP contribution is 2.38. The van der Waals surface area contributed by atoms with Crippen molar-refractivity contribution in [1.29, 1.82) is 0 Å². The molecule has 0 spiro atoms. The van der Waals surface area contributed by atoms with Crippen LogP contribution in [-0.2, 0) is 0 Å². The summed E-state index contributed by atoms with van der Waals surface area (Å²) in [7, 11) is 0. The molecule has 26 heavy (non-hydrogen) atoms. The van der Waals surface area contributed by atoms with E-state index in [1.54, 1.807) is 0 Å². The molecule has 148 valence electrons. The van der Waals surface area contributed by atoms with E-state index in [1.165, 1.54) is 88.0 Å². The number of hydrogen-bond donors (Lipinski definition) is 2. The predicted octanol–water partition coefficient (Wildman–Crippen LogP) is 6.05. The van der Waals surface area contributed by atoms with Crippen molar-refractivity contribution in [3.8, 4) is 0 Å².